The molecule has 3 nitrogen and oxygen atoms in total. The highest BCUT2D eigenvalue weighted by Gasteiger charge is 2.45. The molecule has 0 spiro atoms. The number of hydrogen-bond acceptors (Lipinski definition) is 2. The van der Waals surface area contributed by atoms with Gasteiger partial charge in [0.1, 0.15) is 5.41 Å². The van der Waals surface area contributed by atoms with Gasteiger partial charge in [0, 0.05) is 12.7 Å². The van der Waals surface area contributed by atoms with Crippen molar-refractivity contribution in [3.8, 4) is 0 Å². The second-order valence-electron chi connectivity index (χ2n) is 3.47. The molecule has 1 rings (SSSR count). The molecule has 77 valence electrons. The Hall–Kier alpha value is -1.12. The second-order valence-corrected chi connectivity index (χ2v) is 3.47. The monoisotopic (exact) mass is 194 g/mol. The topological polar surface area (TPSA) is 37.4 Å². The van der Waals surface area contributed by atoms with Crippen LogP contribution in [0.1, 0.15) is 26.7 Å². The zero-order valence-electron chi connectivity index (χ0n) is 8.75. The molecule has 1 heterocycles. The first-order valence-electron chi connectivity index (χ1n) is 4.95. The third-order valence-electron chi connectivity index (χ3n) is 3.00. The average molecular weight is 194 g/mol. The second kappa shape index (κ2) is 3.95. The third kappa shape index (κ3) is 1.37. The molecule has 3 heteroatoms. The van der Waals surface area contributed by atoms with Crippen LogP contribution in [0.25, 0.3) is 0 Å². The summed E-state index contributed by atoms with van der Waals surface area (Å²) < 4.78 is 0. The Kier molecular flexibility index (Phi) is 3.09. The highest BCUT2D eigenvalue weighted by Crippen LogP contribution is 2.33. The highest BCUT2D eigenvalue weighted by atomic mass is 16.2. The Morgan fingerprint density at radius 1 is 1.36 bits per heavy atom. The number of ketones is 1. The first-order valence-corrected chi connectivity index (χ1v) is 4.95. The molecule has 1 radical (unpaired) electrons. The van der Waals surface area contributed by atoms with Crippen LogP contribution in [0.15, 0.2) is 12.3 Å². The minimum absolute atomic E-state index is 0.0720. The van der Waals surface area contributed by atoms with E-state index in [4.69, 9.17) is 0 Å². The average Bonchev–Trinajstić information content (AvgIpc) is 2.20. The molecule has 0 saturated carbocycles. The minimum atomic E-state index is -0.827. The van der Waals surface area contributed by atoms with Crippen molar-refractivity contribution in [1.82, 2.24) is 4.90 Å². The SMILES string of the molecule is [CH2]CN1C=CC(=O)C(CC)(CC)C1=O. The van der Waals surface area contributed by atoms with Gasteiger partial charge in [-0.25, -0.2) is 0 Å². The lowest BCUT2D eigenvalue weighted by Gasteiger charge is -2.35. The Labute approximate surface area is 84.8 Å². The van der Waals surface area contributed by atoms with E-state index in [1.165, 1.54) is 17.2 Å². The third-order valence-corrected chi connectivity index (χ3v) is 3.00. The predicted molar refractivity (Wildman–Crippen MR) is 54.2 cm³/mol. The van der Waals surface area contributed by atoms with Crippen molar-refractivity contribution < 1.29 is 9.59 Å². The smallest absolute Gasteiger partial charge is 0.240 e. The van der Waals surface area contributed by atoms with Crippen LogP contribution < -0.4 is 0 Å². The Balaban J connectivity index is 3.11. The van der Waals surface area contributed by atoms with E-state index >= 15 is 0 Å². The first-order chi connectivity index (χ1) is 6.62. The molecule has 0 aromatic rings. The van der Waals surface area contributed by atoms with Gasteiger partial charge in [0.15, 0.2) is 5.78 Å². The summed E-state index contributed by atoms with van der Waals surface area (Å²) in [6.45, 7) is 7.79. The summed E-state index contributed by atoms with van der Waals surface area (Å²) in [7, 11) is 0. The van der Waals surface area contributed by atoms with Gasteiger partial charge in [0.05, 0.1) is 0 Å². The molecular formula is C11H16NO2. The van der Waals surface area contributed by atoms with Crippen molar-refractivity contribution in [1.29, 1.82) is 0 Å². The molecule has 1 aliphatic rings. The molecule has 0 bridgehead atoms. The van der Waals surface area contributed by atoms with Crippen molar-refractivity contribution in [2.75, 3.05) is 6.54 Å². The largest absolute Gasteiger partial charge is 0.318 e. The molecule has 1 aliphatic heterocycles. The summed E-state index contributed by atoms with van der Waals surface area (Å²) in [5.74, 6) is -0.179. The van der Waals surface area contributed by atoms with E-state index in [-0.39, 0.29) is 11.7 Å². The highest BCUT2D eigenvalue weighted by molar-refractivity contribution is 6.13. The van der Waals surface area contributed by atoms with Crippen molar-refractivity contribution in [2.24, 2.45) is 5.41 Å². The number of carbonyl (C=O) groups excluding carboxylic acids is 2. The van der Waals surface area contributed by atoms with Crippen molar-refractivity contribution in [3.05, 3.63) is 19.2 Å². The molecule has 0 aromatic carbocycles. The molecule has 0 aliphatic carbocycles. The summed E-state index contributed by atoms with van der Waals surface area (Å²) >= 11 is 0. The summed E-state index contributed by atoms with van der Waals surface area (Å²) in [5, 5.41) is 0. The fraction of sp³-hybridized carbons (Fsp3) is 0.545. The van der Waals surface area contributed by atoms with Crippen LogP contribution >= 0.6 is 0 Å². The van der Waals surface area contributed by atoms with Crippen LogP contribution in [0.2, 0.25) is 0 Å². The Morgan fingerprint density at radius 2 is 1.93 bits per heavy atom. The Bertz CT molecular complexity index is 277. The molecule has 0 atom stereocenters. The zero-order valence-corrected chi connectivity index (χ0v) is 8.75. The summed E-state index contributed by atoms with van der Waals surface area (Å²) in [6.07, 6.45) is 4.13. The molecule has 0 fully saturated rings. The van der Waals surface area contributed by atoms with E-state index in [2.05, 4.69) is 6.92 Å². The van der Waals surface area contributed by atoms with E-state index in [1.807, 2.05) is 13.8 Å². The fourth-order valence-corrected chi connectivity index (χ4v) is 1.84. The normalized spacial score (nSPS) is 20.4. The number of nitrogens with zero attached hydrogens (tertiary/aromatic N) is 1. The van der Waals surface area contributed by atoms with Crippen LogP contribution in [0.3, 0.4) is 0 Å². The van der Waals surface area contributed by atoms with Gasteiger partial charge < -0.3 is 4.90 Å². The van der Waals surface area contributed by atoms with E-state index in [1.54, 1.807) is 0 Å². The van der Waals surface area contributed by atoms with Gasteiger partial charge in [0.25, 0.3) is 0 Å². The van der Waals surface area contributed by atoms with Gasteiger partial charge >= 0.3 is 0 Å². The quantitative estimate of drug-likeness (QED) is 0.639. The molecule has 0 aromatic heterocycles. The van der Waals surface area contributed by atoms with Crippen LogP contribution in [0.4, 0.5) is 0 Å². The minimum Gasteiger partial charge on any atom is -0.318 e. The van der Waals surface area contributed by atoms with Gasteiger partial charge in [-0.2, -0.15) is 0 Å². The Morgan fingerprint density at radius 3 is 2.36 bits per heavy atom. The van der Waals surface area contributed by atoms with E-state index in [9.17, 15) is 9.59 Å². The van der Waals surface area contributed by atoms with Crippen LogP contribution in [0.5, 0.6) is 0 Å². The molecule has 0 saturated heterocycles. The first kappa shape index (κ1) is 11.0. The van der Waals surface area contributed by atoms with Crippen molar-refractivity contribution in [3.63, 3.8) is 0 Å². The number of carbonyl (C=O) groups is 2. The molecule has 14 heavy (non-hydrogen) atoms. The van der Waals surface area contributed by atoms with Crippen molar-refractivity contribution >= 4 is 11.7 Å². The fourth-order valence-electron chi connectivity index (χ4n) is 1.84. The predicted octanol–water partition coefficient (Wildman–Crippen LogP) is 1.55. The standard InChI is InChI=1S/C11H16NO2/c1-4-11(5-2)9(13)7-8-12(6-3)10(11)14/h7-8H,3-6H2,1-2H3. The summed E-state index contributed by atoms with van der Waals surface area (Å²) in [6, 6.07) is 0. The van der Waals surface area contributed by atoms with E-state index in [0.717, 1.165) is 0 Å². The van der Waals surface area contributed by atoms with Gasteiger partial charge in [-0.1, -0.05) is 13.8 Å². The molecule has 1 amide bonds. The van der Waals surface area contributed by atoms with Crippen LogP contribution in [-0.4, -0.2) is 23.1 Å². The van der Waals surface area contributed by atoms with Crippen LogP contribution in [-0.2, 0) is 9.59 Å². The lowest BCUT2D eigenvalue weighted by atomic mass is 9.75. The number of rotatable bonds is 3. The lowest BCUT2D eigenvalue weighted by Crippen LogP contribution is -2.48. The van der Waals surface area contributed by atoms with Gasteiger partial charge in [-0.05, 0) is 25.8 Å². The van der Waals surface area contributed by atoms with Crippen molar-refractivity contribution in [2.45, 2.75) is 26.7 Å². The maximum Gasteiger partial charge on any atom is 0.240 e. The maximum absolute atomic E-state index is 12.0. The lowest BCUT2D eigenvalue weighted by molar-refractivity contribution is -0.147. The number of amides is 1. The summed E-state index contributed by atoms with van der Waals surface area (Å²) in [4.78, 5) is 25.2. The zero-order chi connectivity index (χ0) is 10.8. The van der Waals surface area contributed by atoms with Gasteiger partial charge in [0.2, 0.25) is 5.91 Å². The maximum atomic E-state index is 12.0. The molecule has 0 N–H and O–H groups in total. The number of allylic oxidation sites excluding steroid dienone is 1. The summed E-state index contributed by atoms with van der Waals surface area (Å²) in [5.41, 5.74) is -0.827. The van der Waals surface area contributed by atoms with Gasteiger partial charge in [-0.15, -0.1) is 0 Å². The molecular weight excluding hydrogens is 178 g/mol. The van der Waals surface area contributed by atoms with E-state index in [0.29, 0.717) is 19.4 Å². The van der Waals surface area contributed by atoms with Crippen LogP contribution in [0, 0.1) is 12.3 Å². The number of hydrogen-bond donors (Lipinski definition) is 0. The van der Waals surface area contributed by atoms with E-state index < -0.39 is 5.41 Å². The molecule has 0 unspecified atom stereocenters. The van der Waals surface area contributed by atoms with Gasteiger partial charge in [-0.3, -0.25) is 9.59 Å².